The maximum absolute atomic E-state index is 5.76. The molecule has 1 unspecified atom stereocenters. The van der Waals surface area contributed by atoms with Crippen molar-refractivity contribution in [2.24, 2.45) is 0 Å². The van der Waals surface area contributed by atoms with Gasteiger partial charge in [-0.15, -0.1) is 0 Å². The van der Waals surface area contributed by atoms with Crippen LogP contribution in [0.3, 0.4) is 0 Å². The maximum atomic E-state index is 5.76. The van der Waals surface area contributed by atoms with Crippen molar-refractivity contribution in [2.45, 2.75) is 6.23 Å². The van der Waals surface area contributed by atoms with Gasteiger partial charge in [-0.25, -0.2) is 0 Å². The fraction of sp³-hybridized carbons (Fsp3) is 0.667. The summed E-state index contributed by atoms with van der Waals surface area (Å²) in [4.78, 5) is 1.91. The van der Waals surface area contributed by atoms with Crippen LogP contribution in [0.4, 0.5) is 0 Å². The quantitative estimate of drug-likeness (QED) is 0.446. The first-order chi connectivity index (χ1) is 5.69. The molecule has 1 aliphatic heterocycles. The predicted octanol–water partition coefficient (Wildman–Crippen LogP) is 2.12. The highest BCUT2D eigenvalue weighted by Gasteiger charge is 2.23. The summed E-state index contributed by atoms with van der Waals surface area (Å²) >= 11 is 14.8. The Hall–Kier alpha value is 0.360. The van der Waals surface area contributed by atoms with Crippen LogP contribution in [-0.4, -0.2) is 34.7 Å². The number of alkyl halides is 1. The minimum atomic E-state index is -0.0255. The number of methoxy groups -OCH3 is 1. The third kappa shape index (κ3) is 2.19. The van der Waals surface area contributed by atoms with Gasteiger partial charge in [0.2, 0.25) is 0 Å². The Labute approximate surface area is 90.1 Å². The molecule has 12 heavy (non-hydrogen) atoms. The van der Waals surface area contributed by atoms with Crippen LogP contribution in [0.5, 0.6) is 0 Å². The summed E-state index contributed by atoms with van der Waals surface area (Å²) in [6.45, 7) is 0.546. The first-order valence-corrected chi connectivity index (χ1v) is 5.18. The molecule has 0 amide bonds. The Morgan fingerprint density at radius 3 is 2.83 bits per heavy atom. The van der Waals surface area contributed by atoms with Gasteiger partial charge >= 0.3 is 0 Å². The number of hydrogen-bond donors (Lipinski definition) is 0. The van der Waals surface area contributed by atoms with Crippen LogP contribution in [0.1, 0.15) is 0 Å². The molecule has 1 rings (SSSR count). The Kier molecular flexibility index (Phi) is 3.96. The number of halogens is 3. The van der Waals surface area contributed by atoms with Crippen molar-refractivity contribution in [2.75, 3.05) is 19.1 Å². The monoisotopic (exact) mass is 274 g/mol. The van der Waals surface area contributed by atoms with Crippen molar-refractivity contribution >= 4 is 39.3 Å². The van der Waals surface area contributed by atoms with E-state index in [1.807, 2.05) is 4.90 Å². The predicted molar refractivity (Wildman–Crippen MR) is 52.9 cm³/mol. The first-order valence-electron chi connectivity index (χ1n) is 3.34. The van der Waals surface area contributed by atoms with E-state index in [2.05, 4.69) is 15.9 Å². The van der Waals surface area contributed by atoms with E-state index in [1.54, 1.807) is 13.3 Å². The molecule has 0 aromatic heterocycles. The lowest BCUT2D eigenvalue weighted by molar-refractivity contribution is 0.0113. The van der Waals surface area contributed by atoms with E-state index in [0.717, 1.165) is 5.33 Å². The molecule has 0 aromatic carbocycles. The fourth-order valence-corrected chi connectivity index (χ4v) is 1.89. The van der Waals surface area contributed by atoms with Gasteiger partial charge in [0.05, 0.1) is 0 Å². The molecule has 0 spiro atoms. The van der Waals surface area contributed by atoms with E-state index in [0.29, 0.717) is 11.8 Å². The second kappa shape index (κ2) is 4.56. The molecule has 1 aliphatic rings. The zero-order valence-corrected chi connectivity index (χ0v) is 9.60. The van der Waals surface area contributed by atoms with E-state index in [9.17, 15) is 0 Å². The molecule has 0 aromatic rings. The first kappa shape index (κ1) is 10.4. The minimum Gasteiger partial charge on any atom is -0.361 e. The maximum Gasteiger partial charge on any atom is 0.140 e. The molecule has 70 valence electrons. The highest BCUT2D eigenvalue weighted by molar-refractivity contribution is 9.09. The Balaban J connectivity index is 2.55. The van der Waals surface area contributed by atoms with Crippen LogP contribution < -0.4 is 0 Å². The molecule has 1 atom stereocenters. The van der Waals surface area contributed by atoms with Gasteiger partial charge < -0.3 is 9.64 Å². The molecule has 6 heteroatoms. The SMILES string of the molecule is COC(CBr)N1C=C(Cl)N(Cl)C1. The van der Waals surface area contributed by atoms with Gasteiger partial charge in [0.25, 0.3) is 0 Å². The molecule has 0 bridgehead atoms. The van der Waals surface area contributed by atoms with Crippen molar-refractivity contribution in [3.8, 4) is 0 Å². The van der Waals surface area contributed by atoms with Gasteiger partial charge in [0.1, 0.15) is 18.1 Å². The van der Waals surface area contributed by atoms with E-state index < -0.39 is 0 Å². The zero-order valence-electron chi connectivity index (χ0n) is 6.51. The van der Waals surface area contributed by atoms with Gasteiger partial charge in [0.15, 0.2) is 0 Å². The van der Waals surface area contributed by atoms with Crippen LogP contribution in [0, 0.1) is 0 Å². The fourth-order valence-electron chi connectivity index (χ4n) is 0.912. The lowest BCUT2D eigenvalue weighted by Crippen LogP contribution is -2.34. The van der Waals surface area contributed by atoms with Crippen molar-refractivity contribution in [3.63, 3.8) is 0 Å². The van der Waals surface area contributed by atoms with E-state index in [-0.39, 0.29) is 6.23 Å². The van der Waals surface area contributed by atoms with Crippen molar-refractivity contribution in [1.29, 1.82) is 0 Å². The second-order valence-corrected chi connectivity index (χ2v) is 3.76. The van der Waals surface area contributed by atoms with Gasteiger partial charge in [-0.05, 0) is 0 Å². The zero-order chi connectivity index (χ0) is 9.14. The lowest BCUT2D eigenvalue weighted by atomic mass is 10.6. The second-order valence-electron chi connectivity index (χ2n) is 2.31. The summed E-state index contributed by atoms with van der Waals surface area (Å²) in [5.41, 5.74) is 0. The van der Waals surface area contributed by atoms with Crippen molar-refractivity contribution in [1.82, 2.24) is 9.32 Å². The topological polar surface area (TPSA) is 15.7 Å². The van der Waals surface area contributed by atoms with Crippen LogP contribution in [0.15, 0.2) is 11.4 Å². The van der Waals surface area contributed by atoms with Gasteiger partial charge in [-0.3, -0.25) is 4.42 Å². The number of ether oxygens (including phenoxy) is 1. The third-order valence-corrected chi connectivity index (χ3v) is 2.80. The van der Waals surface area contributed by atoms with Gasteiger partial charge in [-0.2, -0.15) is 0 Å². The summed E-state index contributed by atoms with van der Waals surface area (Å²) < 4.78 is 6.60. The van der Waals surface area contributed by atoms with E-state index in [4.69, 9.17) is 28.1 Å². The highest BCUT2D eigenvalue weighted by atomic mass is 79.9. The van der Waals surface area contributed by atoms with E-state index in [1.165, 1.54) is 4.42 Å². The van der Waals surface area contributed by atoms with Crippen LogP contribution in [-0.2, 0) is 4.74 Å². The Morgan fingerprint density at radius 1 is 1.83 bits per heavy atom. The molecule has 1 heterocycles. The molecule has 0 aliphatic carbocycles. The smallest absolute Gasteiger partial charge is 0.140 e. The molecule has 0 saturated carbocycles. The van der Waals surface area contributed by atoms with Crippen LogP contribution >= 0.6 is 39.3 Å². The summed E-state index contributed by atoms with van der Waals surface area (Å²) in [7, 11) is 1.64. The standard InChI is InChI=1S/C6H9BrCl2N2O/c1-12-6(2-7)10-3-5(8)11(9)4-10/h3,6H,2,4H2,1H3. The average Bonchev–Trinajstić information content (AvgIpc) is 2.35. The Morgan fingerprint density at radius 2 is 2.50 bits per heavy atom. The normalized spacial score (nSPS) is 19.8. The molecule has 0 fully saturated rings. The Bertz CT molecular complexity index is 186. The lowest BCUT2D eigenvalue weighted by Gasteiger charge is -2.24. The molecular weight excluding hydrogens is 267 g/mol. The highest BCUT2D eigenvalue weighted by Crippen LogP contribution is 2.23. The summed E-state index contributed by atoms with van der Waals surface area (Å²) in [6.07, 6.45) is 1.73. The average molecular weight is 276 g/mol. The molecule has 0 N–H and O–H groups in total. The summed E-state index contributed by atoms with van der Waals surface area (Å²) in [6, 6.07) is 0. The number of hydrogen-bond acceptors (Lipinski definition) is 3. The molecule has 3 nitrogen and oxygen atoms in total. The van der Waals surface area contributed by atoms with Crippen molar-refractivity contribution in [3.05, 3.63) is 11.4 Å². The number of rotatable bonds is 3. The van der Waals surface area contributed by atoms with Gasteiger partial charge in [-0.1, -0.05) is 27.5 Å². The van der Waals surface area contributed by atoms with Crippen molar-refractivity contribution < 1.29 is 4.74 Å². The van der Waals surface area contributed by atoms with Gasteiger partial charge in [0, 0.05) is 30.4 Å². The summed E-state index contributed by atoms with van der Waals surface area (Å²) in [5.74, 6) is 0. The molecular formula is C6H9BrCl2N2O. The minimum absolute atomic E-state index is 0.0255. The third-order valence-electron chi connectivity index (χ3n) is 1.57. The van der Waals surface area contributed by atoms with Crippen LogP contribution in [0.2, 0.25) is 0 Å². The van der Waals surface area contributed by atoms with Crippen LogP contribution in [0.25, 0.3) is 0 Å². The number of nitrogens with zero attached hydrogens (tertiary/aromatic N) is 2. The summed E-state index contributed by atoms with van der Waals surface area (Å²) in [5, 5.41) is 1.23. The van der Waals surface area contributed by atoms with E-state index >= 15 is 0 Å². The molecule has 0 saturated heterocycles. The largest absolute Gasteiger partial charge is 0.361 e. The molecule has 0 radical (unpaired) electrons.